The predicted molar refractivity (Wildman–Crippen MR) is 66.3 cm³/mol. The monoisotopic (exact) mass is 221 g/mol. The van der Waals surface area contributed by atoms with Gasteiger partial charge in [0, 0.05) is 24.0 Å². The Bertz CT molecular complexity index is 310. The van der Waals surface area contributed by atoms with Gasteiger partial charge in [0.05, 0.1) is 6.33 Å². The highest BCUT2D eigenvalue weighted by molar-refractivity contribution is 4.97. The average molecular weight is 221 g/mol. The topological polar surface area (TPSA) is 31.9 Å². The molecule has 1 aliphatic heterocycles. The van der Waals surface area contributed by atoms with Crippen LogP contribution in [0.25, 0.3) is 0 Å². The van der Waals surface area contributed by atoms with Crippen LogP contribution >= 0.6 is 0 Å². The van der Waals surface area contributed by atoms with Gasteiger partial charge in [-0.2, -0.15) is 0 Å². The normalized spacial score (nSPS) is 23.6. The molecule has 1 N–H and O–H groups in total. The summed E-state index contributed by atoms with van der Waals surface area (Å²) in [5, 5.41) is 0. The molecule has 0 radical (unpaired) electrons. The Balaban J connectivity index is 1.92. The Hall–Kier alpha value is -0.830. The maximum absolute atomic E-state index is 4.09. The molecular formula is C13H23N3. The minimum absolute atomic E-state index is 0.312. The number of piperidine rings is 1. The van der Waals surface area contributed by atoms with E-state index in [-0.39, 0.29) is 0 Å². The first kappa shape index (κ1) is 11.6. The lowest BCUT2D eigenvalue weighted by molar-refractivity contribution is 0.0788. The molecule has 16 heavy (non-hydrogen) atoms. The maximum Gasteiger partial charge on any atom is 0.0921 e. The van der Waals surface area contributed by atoms with Gasteiger partial charge in [-0.1, -0.05) is 0 Å². The van der Waals surface area contributed by atoms with Gasteiger partial charge >= 0.3 is 0 Å². The van der Waals surface area contributed by atoms with E-state index in [4.69, 9.17) is 0 Å². The molecule has 0 bridgehead atoms. The van der Waals surface area contributed by atoms with Crippen LogP contribution in [0.5, 0.6) is 0 Å². The van der Waals surface area contributed by atoms with Crippen molar-refractivity contribution in [1.82, 2.24) is 14.9 Å². The number of hydrogen-bond acceptors (Lipinski definition) is 2. The maximum atomic E-state index is 4.09. The van der Waals surface area contributed by atoms with Gasteiger partial charge in [0.25, 0.3) is 0 Å². The molecule has 1 fully saturated rings. The van der Waals surface area contributed by atoms with E-state index in [2.05, 4.69) is 35.6 Å². The van der Waals surface area contributed by atoms with Crippen LogP contribution in [0.15, 0.2) is 12.5 Å². The van der Waals surface area contributed by atoms with Gasteiger partial charge in [0.15, 0.2) is 0 Å². The molecular weight excluding hydrogens is 198 g/mol. The Labute approximate surface area is 98.3 Å². The largest absolute Gasteiger partial charge is 0.348 e. The molecule has 0 aromatic carbocycles. The molecule has 1 aromatic heterocycles. The standard InChI is InChI=1S/C13H23N3/c1-13(2,3)16-6-4-5-11(9-16)7-12-8-14-10-15-12/h8,10-11H,4-7,9H2,1-3H3,(H,14,15)/t11-/m1/s1. The summed E-state index contributed by atoms with van der Waals surface area (Å²) in [6.07, 6.45) is 7.56. The summed E-state index contributed by atoms with van der Waals surface area (Å²) in [5.41, 5.74) is 1.59. The van der Waals surface area contributed by atoms with Gasteiger partial charge in [0.1, 0.15) is 0 Å². The summed E-state index contributed by atoms with van der Waals surface area (Å²) in [7, 11) is 0. The Morgan fingerprint density at radius 3 is 2.94 bits per heavy atom. The molecule has 0 saturated carbocycles. The Morgan fingerprint density at radius 2 is 2.31 bits per heavy atom. The quantitative estimate of drug-likeness (QED) is 0.832. The molecule has 1 atom stereocenters. The first-order valence-corrected chi connectivity index (χ1v) is 6.28. The molecule has 2 heterocycles. The third kappa shape index (κ3) is 2.85. The molecule has 1 aromatic rings. The SMILES string of the molecule is CC(C)(C)N1CCC[C@H](Cc2cnc[nH]2)C1. The van der Waals surface area contributed by atoms with Crippen LogP contribution in [0.2, 0.25) is 0 Å². The molecule has 0 spiro atoms. The van der Waals surface area contributed by atoms with Crippen LogP contribution in [-0.2, 0) is 6.42 Å². The second-order valence-corrected chi connectivity index (χ2v) is 5.91. The van der Waals surface area contributed by atoms with Crippen LogP contribution in [-0.4, -0.2) is 33.5 Å². The molecule has 1 aliphatic rings. The fraction of sp³-hybridized carbons (Fsp3) is 0.769. The second kappa shape index (κ2) is 4.58. The average Bonchev–Trinajstić information content (AvgIpc) is 2.70. The zero-order valence-electron chi connectivity index (χ0n) is 10.7. The lowest BCUT2D eigenvalue weighted by atomic mass is 9.90. The molecule has 2 rings (SSSR count). The third-order valence-corrected chi connectivity index (χ3v) is 3.53. The zero-order chi connectivity index (χ0) is 11.6. The van der Waals surface area contributed by atoms with Gasteiger partial charge in [-0.15, -0.1) is 0 Å². The molecule has 90 valence electrons. The fourth-order valence-corrected chi connectivity index (χ4v) is 2.55. The van der Waals surface area contributed by atoms with E-state index in [1.54, 1.807) is 6.33 Å². The number of imidazole rings is 1. The van der Waals surface area contributed by atoms with Crippen molar-refractivity contribution in [3.05, 3.63) is 18.2 Å². The summed E-state index contributed by atoms with van der Waals surface area (Å²) in [4.78, 5) is 9.90. The van der Waals surface area contributed by atoms with Crippen molar-refractivity contribution in [3.63, 3.8) is 0 Å². The van der Waals surface area contributed by atoms with Crippen LogP contribution in [0, 0.1) is 5.92 Å². The zero-order valence-corrected chi connectivity index (χ0v) is 10.7. The predicted octanol–water partition coefficient (Wildman–Crippen LogP) is 2.46. The van der Waals surface area contributed by atoms with Crippen molar-refractivity contribution in [2.45, 2.75) is 45.6 Å². The Morgan fingerprint density at radius 1 is 1.50 bits per heavy atom. The molecule has 1 saturated heterocycles. The number of H-pyrrole nitrogens is 1. The van der Waals surface area contributed by atoms with Crippen molar-refractivity contribution >= 4 is 0 Å². The van der Waals surface area contributed by atoms with Crippen molar-refractivity contribution < 1.29 is 0 Å². The second-order valence-electron chi connectivity index (χ2n) is 5.91. The van der Waals surface area contributed by atoms with E-state index in [0.717, 1.165) is 12.3 Å². The lowest BCUT2D eigenvalue weighted by Gasteiger charge is -2.41. The summed E-state index contributed by atoms with van der Waals surface area (Å²) in [6, 6.07) is 0. The molecule has 3 heteroatoms. The van der Waals surface area contributed by atoms with Crippen molar-refractivity contribution in [2.75, 3.05) is 13.1 Å². The highest BCUT2D eigenvalue weighted by atomic mass is 15.2. The van der Waals surface area contributed by atoms with Gasteiger partial charge in [0.2, 0.25) is 0 Å². The molecule has 0 aliphatic carbocycles. The van der Waals surface area contributed by atoms with Crippen molar-refractivity contribution in [3.8, 4) is 0 Å². The van der Waals surface area contributed by atoms with Crippen LogP contribution in [0.4, 0.5) is 0 Å². The number of likely N-dealkylation sites (tertiary alicyclic amines) is 1. The van der Waals surface area contributed by atoms with E-state index in [1.165, 1.54) is 31.6 Å². The number of aromatic nitrogens is 2. The lowest BCUT2D eigenvalue weighted by Crippen LogP contribution is -2.47. The molecule has 3 nitrogen and oxygen atoms in total. The summed E-state index contributed by atoms with van der Waals surface area (Å²) in [6.45, 7) is 9.41. The fourth-order valence-electron chi connectivity index (χ4n) is 2.55. The van der Waals surface area contributed by atoms with E-state index < -0.39 is 0 Å². The van der Waals surface area contributed by atoms with E-state index in [9.17, 15) is 0 Å². The van der Waals surface area contributed by atoms with Gasteiger partial charge < -0.3 is 4.98 Å². The summed E-state index contributed by atoms with van der Waals surface area (Å²) >= 11 is 0. The first-order valence-electron chi connectivity index (χ1n) is 6.28. The first-order chi connectivity index (χ1) is 7.55. The summed E-state index contributed by atoms with van der Waals surface area (Å²) in [5.74, 6) is 0.786. The van der Waals surface area contributed by atoms with Gasteiger partial charge in [-0.25, -0.2) is 4.98 Å². The van der Waals surface area contributed by atoms with Crippen LogP contribution < -0.4 is 0 Å². The number of nitrogens with zero attached hydrogens (tertiary/aromatic N) is 2. The minimum Gasteiger partial charge on any atom is -0.348 e. The molecule has 0 unspecified atom stereocenters. The summed E-state index contributed by atoms with van der Waals surface area (Å²) < 4.78 is 0. The minimum atomic E-state index is 0.312. The molecule has 0 amide bonds. The van der Waals surface area contributed by atoms with Gasteiger partial charge in [-0.3, -0.25) is 4.90 Å². The number of aromatic amines is 1. The van der Waals surface area contributed by atoms with E-state index >= 15 is 0 Å². The van der Waals surface area contributed by atoms with Crippen molar-refractivity contribution in [2.24, 2.45) is 5.92 Å². The van der Waals surface area contributed by atoms with Crippen molar-refractivity contribution in [1.29, 1.82) is 0 Å². The van der Waals surface area contributed by atoms with Gasteiger partial charge in [-0.05, 0) is 52.5 Å². The number of hydrogen-bond donors (Lipinski definition) is 1. The smallest absolute Gasteiger partial charge is 0.0921 e. The van der Waals surface area contributed by atoms with Crippen LogP contribution in [0.1, 0.15) is 39.3 Å². The Kier molecular flexibility index (Phi) is 3.33. The third-order valence-electron chi connectivity index (χ3n) is 3.53. The van der Waals surface area contributed by atoms with E-state index in [0.29, 0.717) is 5.54 Å². The highest BCUT2D eigenvalue weighted by Crippen LogP contribution is 2.25. The van der Waals surface area contributed by atoms with Crippen LogP contribution in [0.3, 0.4) is 0 Å². The number of rotatable bonds is 2. The highest BCUT2D eigenvalue weighted by Gasteiger charge is 2.27. The van der Waals surface area contributed by atoms with E-state index in [1.807, 2.05) is 6.20 Å². The number of nitrogens with one attached hydrogen (secondary N) is 1.